The van der Waals surface area contributed by atoms with Crippen LogP contribution in [-0.2, 0) is 19.4 Å². The van der Waals surface area contributed by atoms with Crippen molar-refractivity contribution in [3.63, 3.8) is 0 Å². The van der Waals surface area contributed by atoms with Crippen molar-refractivity contribution in [2.45, 2.75) is 19.4 Å². The largest absolute Gasteiger partial charge is 0.497 e. The Kier molecular flexibility index (Phi) is 4.83. The molecule has 0 bridgehead atoms. The van der Waals surface area contributed by atoms with E-state index in [9.17, 15) is 0 Å². The van der Waals surface area contributed by atoms with Gasteiger partial charge in [0, 0.05) is 49.2 Å². The predicted octanol–water partition coefficient (Wildman–Crippen LogP) is 4.06. The summed E-state index contributed by atoms with van der Waals surface area (Å²) in [5, 5.41) is 13.3. The summed E-state index contributed by atoms with van der Waals surface area (Å²) >= 11 is 0. The number of benzene rings is 2. The number of fused-ring (bicyclic) bond motifs is 1. The molecule has 0 atom stereocenters. The minimum atomic E-state index is 0.608. The van der Waals surface area contributed by atoms with Gasteiger partial charge in [-0.2, -0.15) is 15.1 Å². The molecule has 0 spiro atoms. The number of rotatable bonds is 7. The molecule has 2 aromatic carbocycles. The van der Waals surface area contributed by atoms with Gasteiger partial charge in [-0.05, 0) is 29.7 Å². The molecule has 1 aliphatic rings. The highest BCUT2D eigenvalue weighted by Gasteiger charge is 2.24. The first kappa shape index (κ1) is 19.6. The number of hydrogen-bond acceptors (Lipinski definition) is 6. The van der Waals surface area contributed by atoms with Gasteiger partial charge < -0.3 is 19.9 Å². The Morgan fingerprint density at radius 1 is 1.12 bits per heavy atom. The van der Waals surface area contributed by atoms with Gasteiger partial charge in [-0.15, -0.1) is 0 Å². The first-order chi connectivity index (χ1) is 16.3. The van der Waals surface area contributed by atoms with E-state index >= 15 is 0 Å². The van der Waals surface area contributed by atoms with Crippen molar-refractivity contribution in [3.05, 3.63) is 71.5 Å². The molecule has 0 saturated carbocycles. The number of aromatic nitrogens is 5. The van der Waals surface area contributed by atoms with Crippen LogP contribution in [0.5, 0.6) is 5.75 Å². The highest BCUT2D eigenvalue weighted by Crippen LogP contribution is 2.32. The first-order valence-corrected chi connectivity index (χ1v) is 11.2. The SMILES string of the molecule is COc1ccc2c(CCNc3nc4c5c([nH]nc5n3)CCN4Cc3ccccc3)c[nH]c2c1. The maximum absolute atomic E-state index is 5.32. The number of ether oxygens (including phenoxy) is 1. The van der Waals surface area contributed by atoms with Gasteiger partial charge in [-0.25, -0.2) is 0 Å². The van der Waals surface area contributed by atoms with Crippen molar-refractivity contribution in [2.24, 2.45) is 0 Å². The lowest BCUT2D eigenvalue weighted by Gasteiger charge is -2.28. The zero-order valence-electron chi connectivity index (χ0n) is 18.4. The van der Waals surface area contributed by atoms with Crippen LogP contribution >= 0.6 is 0 Å². The molecule has 0 fully saturated rings. The molecule has 1 aliphatic heterocycles. The molecular formula is C25H25N7O. The van der Waals surface area contributed by atoms with Crippen LogP contribution in [0.1, 0.15) is 16.8 Å². The Bertz CT molecular complexity index is 1420. The van der Waals surface area contributed by atoms with Gasteiger partial charge in [0.15, 0.2) is 5.65 Å². The molecule has 0 saturated heterocycles. The van der Waals surface area contributed by atoms with Crippen LogP contribution < -0.4 is 15.0 Å². The van der Waals surface area contributed by atoms with Gasteiger partial charge in [0.05, 0.1) is 18.2 Å². The topological polar surface area (TPSA) is 94.8 Å². The van der Waals surface area contributed by atoms with Crippen molar-refractivity contribution >= 4 is 33.7 Å². The summed E-state index contributed by atoms with van der Waals surface area (Å²) in [5.41, 5.74) is 5.42. The maximum atomic E-state index is 5.32. The summed E-state index contributed by atoms with van der Waals surface area (Å²) in [6.07, 6.45) is 3.82. The zero-order valence-corrected chi connectivity index (χ0v) is 18.4. The molecule has 3 aromatic heterocycles. The summed E-state index contributed by atoms with van der Waals surface area (Å²) < 4.78 is 5.32. The lowest BCUT2D eigenvalue weighted by atomic mass is 10.1. The van der Waals surface area contributed by atoms with Crippen LogP contribution in [0.4, 0.5) is 11.8 Å². The predicted molar refractivity (Wildman–Crippen MR) is 130 cm³/mol. The number of methoxy groups -OCH3 is 1. The first-order valence-electron chi connectivity index (χ1n) is 11.2. The Morgan fingerprint density at radius 3 is 2.91 bits per heavy atom. The Balaban J connectivity index is 1.23. The number of nitrogens with zero attached hydrogens (tertiary/aromatic N) is 4. The third-order valence-corrected chi connectivity index (χ3v) is 6.27. The maximum Gasteiger partial charge on any atom is 0.226 e. The van der Waals surface area contributed by atoms with Crippen LogP contribution in [0.15, 0.2) is 54.7 Å². The highest BCUT2D eigenvalue weighted by molar-refractivity contribution is 5.91. The van der Waals surface area contributed by atoms with Crippen LogP contribution in [0.25, 0.3) is 21.9 Å². The Hall–Kier alpha value is -4.07. The summed E-state index contributed by atoms with van der Waals surface area (Å²) in [4.78, 5) is 15.2. The van der Waals surface area contributed by atoms with E-state index in [-0.39, 0.29) is 0 Å². The summed E-state index contributed by atoms with van der Waals surface area (Å²) in [5.74, 6) is 2.40. The van der Waals surface area contributed by atoms with Gasteiger partial charge in [-0.1, -0.05) is 30.3 Å². The monoisotopic (exact) mass is 439 g/mol. The van der Waals surface area contributed by atoms with E-state index in [1.165, 1.54) is 16.5 Å². The minimum absolute atomic E-state index is 0.608. The summed E-state index contributed by atoms with van der Waals surface area (Å²) in [6, 6.07) is 16.6. The lowest BCUT2D eigenvalue weighted by Crippen LogP contribution is -2.29. The molecule has 6 rings (SSSR count). The molecule has 5 aromatic rings. The fraction of sp³-hybridized carbons (Fsp3) is 0.240. The number of anilines is 2. The molecular weight excluding hydrogens is 414 g/mol. The smallest absolute Gasteiger partial charge is 0.226 e. The average molecular weight is 440 g/mol. The van der Waals surface area contributed by atoms with E-state index in [1.807, 2.05) is 18.2 Å². The van der Waals surface area contributed by atoms with E-state index < -0.39 is 0 Å². The zero-order chi connectivity index (χ0) is 22.2. The third kappa shape index (κ3) is 3.63. The summed E-state index contributed by atoms with van der Waals surface area (Å²) in [6.45, 7) is 2.43. The van der Waals surface area contributed by atoms with Crippen LogP contribution in [-0.4, -0.2) is 45.3 Å². The van der Waals surface area contributed by atoms with Gasteiger partial charge in [0.1, 0.15) is 11.6 Å². The molecule has 166 valence electrons. The van der Waals surface area contributed by atoms with E-state index in [2.05, 4.69) is 66.9 Å². The van der Waals surface area contributed by atoms with Crippen LogP contribution in [0.3, 0.4) is 0 Å². The molecule has 4 heterocycles. The number of H-pyrrole nitrogens is 2. The van der Waals surface area contributed by atoms with Crippen molar-refractivity contribution in [3.8, 4) is 5.75 Å². The van der Waals surface area contributed by atoms with Crippen molar-refractivity contribution in [1.29, 1.82) is 0 Å². The standard InChI is InChI=1S/C25H25N7O/c1-33-18-7-8-19-17(14-27-21(19)13-18)9-11-26-25-28-23-22-20(30-31-23)10-12-32(24(22)29-25)15-16-5-3-2-4-6-16/h2-8,13-14,27H,9-12,15H2,1H3,(H2,26,28,29,30,31). The van der Waals surface area contributed by atoms with Crippen molar-refractivity contribution in [1.82, 2.24) is 25.1 Å². The van der Waals surface area contributed by atoms with E-state index in [0.29, 0.717) is 5.95 Å². The summed E-state index contributed by atoms with van der Waals surface area (Å²) in [7, 11) is 1.68. The minimum Gasteiger partial charge on any atom is -0.497 e. The molecule has 0 amide bonds. The average Bonchev–Trinajstić information content (AvgIpc) is 3.46. The molecule has 8 heteroatoms. The van der Waals surface area contributed by atoms with Gasteiger partial charge in [0.25, 0.3) is 0 Å². The van der Waals surface area contributed by atoms with E-state index in [4.69, 9.17) is 9.72 Å². The highest BCUT2D eigenvalue weighted by atomic mass is 16.5. The van der Waals surface area contributed by atoms with Gasteiger partial charge in [0.2, 0.25) is 5.95 Å². The second-order valence-corrected chi connectivity index (χ2v) is 8.33. The van der Waals surface area contributed by atoms with E-state index in [1.54, 1.807) is 7.11 Å². The van der Waals surface area contributed by atoms with Crippen LogP contribution in [0.2, 0.25) is 0 Å². The van der Waals surface area contributed by atoms with E-state index in [0.717, 1.165) is 66.3 Å². The van der Waals surface area contributed by atoms with Crippen molar-refractivity contribution < 1.29 is 4.74 Å². The normalized spacial score (nSPS) is 13.1. The van der Waals surface area contributed by atoms with Gasteiger partial charge in [-0.3, -0.25) is 5.10 Å². The molecule has 33 heavy (non-hydrogen) atoms. The number of nitrogens with one attached hydrogen (secondary N) is 3. The Morgan fingerprint density at radius 2 is 2.03 bits per heavy atom. The van der Waals surface area contributed by atoms with Crippen molar-refractivity contribution in [2.75, 3.05) is 30.4 Å². The number of aromatic amines is 2. The molecule has 0 radical (unpaired) electrons. The second-order valence-electron chi connectivity index (χ2n) is 8.33. The second kappa shape index (κ2) is 8.12. The number of hydrogen-bond donors (Lipinski definition) is 3. The lowest BCUT2D eigenvalue weighted by molar-refractivity contribution is 0.415. The third-order valence-electron chi connectivity index (χ3n) is 6.27. The molecule has 0 unspecified atom stereocenters. The Labute approximate surface area is 191 Å². The molecule has 8 nitrogen and oxygen atoms in total. The molecule has 0 aliphatic carbocycles. The van der Waals surface area contributed by atoms with Crippen LogP contribution in [0, 0.1) is 0 Å². The fourth-order valence-corrected chi connectivity index (χ4v) is 4.57. The van der Waals surface area contributed by atoms with Gasteiger partial charge >= 0.3 is 0 Å². The molecule has 3 N–H and O–H groups in total. The quantitative estimate of drug-likeness (QED) is 0.354. The fourth-order valence-electron chi connectivity index (χ4n) is 4.57.